The smallest absolute Gasteiger partial charge is 0.224 e. The molecular weight excluding hydrogens is 400 g/mol. The number of nitrogens with zero attached hydrogens (tertiary/aromatic N) is 2. The van der Waals surface area contributed by atoms with Gasteiger partial charge in [-0.05, 0) is 78.7 Å². The zero-order valence-electron chi connectivity index (χ0n) is 20.1. The van der Waals surface area contributed by atoms with Gasteiger partial charge in [-0.3, -0.25) is 0 Å². The van der Waals surface area contributed by atoms with Crippen LogP contribution in [-0.4, -0.2) is 4.40 Å². The molecule has 1 fully saturated rings. The summed E-state index contributed by atoms with van der Waals surface area (Å²) in [5.74, 6) is 0.637. The molecule has 0 aliphatic heterocycles. The predicted molar refractivity (Wildman–Crippen MR) is 140 cm³/mol. The quantitative estimate of drug-likeness (QED) is 0.143. The van der Waals surface area contributed by atoms with E-state index in [1.165, 1.54) is 80.2 Å². The number of rotatable bonds is 1. The molecule has 0 N–H and O–H groups in total. The summed E-state index contributed by atoms with van der Waals surface area (Å²) in [5.41, 5.74) is 8.81. The van der Waals surface area contributed by atoms with Crippen molar-refractivity contribution in [3.05, 3.63) is 71.9 Å². The molecule has 6 aromatic rings. The van der Waals surface area contributed by atoms with Gasteiger partial charge in [0, 0.05) is 16.8 Å². The van der Waals surface area contributed by atoms with Gasteiger partial charge in [0.05, 0.1) is 27.3 Å². The lowest BCUT2D eigenvalue weighted by molar-refractivity contribution is -0.643. The highest BCUT2D eigenvalue weighted by molar-refractivity contribution is 6.28. The number of para-hydroxylation sites is 1. The van der Waals surface area contributed by atoms with Crippen LogP contribution in [0.15, 0.2) is 60.8 Å². The van der Waals surface area contributed by atoms with Crippen molar-refractivity contribution in [1.29, 1.82) is 0 Å². The summed E-state index contributed by atoms with van der Waals surface area (Å²) in [6, 6.07) is 20.7. The second kappa shape index (κ2) is 6.47. The zero-order valence-corrected chi connectivity index (χ0v) is 20.1. The first-order valence-electron chi connectivity index (χ1n) is 12.4. The Bertz CT molecular complexity index is 1710. The van der Waals surface area contributed by atoms with Crippen LogP contribution in [0.5, 0.6) is 0 Å². The summed E-state index contributed by atoms with van der Waals surface area (Å²) in [7, 11) is 2.20. The Labute approximate surface area is 194 Å². The van der Waals surface area contributed by atoms with Crippen molar-refractivity contribution in [2.75, 3.05) is 0 Å². The number of hydrogen-bond donors (Lipinski definition) is 0. The third kappa shape index (κ3) is 2.52. The minimum Gasteiger partial charge on any atom is -0.307 e. The van der Waals surface area contributed by atoms with E-state index in [9.17, 15) is 0 Å². The first-order chi connectivity index (χ1) is 15.9. The van der Waals surface area contributed by atoms with E-state index in [1.807, 2.05) is 0 Å². The number of fused-ring (bicyclic) bond motifs is 6. The predicted octanol–water partition coefficient (Wildman–Crippen LogP) is 7.81. The highest BCUT2D eigenvalue weighted by Crippen LogP contribution is 2.48. The molecule has 2 heteroatoms. The van der Waals surface area contributed by atoms with Crippen LogP contribution in [0.25, 0.3) is 49.0 Å². The van der Waals surface area contributed by atoms with E-state index in [0.29, 0.717) is 11.3 Å². The summed E-state index contributed by atoms with van der Waals surface area (Å²) < 4.78 is 4.90. The van der Waals surface area contributed by atoms with E-state index in [0.717, 1.165) is 0 Å². The summed E-state index contributed by atoms with van der Waals surface area (Å²) in [4.78, 5) is 0. The monoisotopic (exact) mass is 431 g/mol. The van der Waals surface area contributed by atoms with Crippen molar-refractivity contribution in [3.8, 4) is 0 Å². The molecule has 0 radical (unpaired) electrons. The zero-order chi connectivity index (χ0) is 22.5. The Morgan fingerprint density at radius 3 is 2.45 bits per heavy atom. The molecule has 0 saturated heterocycles. The maximum absolute atomic E-state index is 2.57. The fraction of sp³-hybridized carbons (Fsp3) is 0.323. The van der Waals surface area contributed by atoms with Gasteiger partial charge in [0.25, 0.3) is 0 Å². The molecule has 0 spiro atoms. The van der Waals surface area contributed by atoms with Gasteiger partial charge in [-0.2, -0.15) is 0 Å². The Balaban J connectivity index is 1.74. The Kier molecular flexibility index (Phi) is 3.79. The van der Waals surface area contributed by atoms with E-state index >= 15 is 0 Å². The number of pyridine rings is 2. The molecule has 1 saturated carbocycles. The summed E-state index contributed by atoms with van der Waals surface area (Å²) in [6.07, 6.45) is 7.46. The van der Waals surface area contributed by atoms with Crippen LogP contribution in [0, 0.1) is 12.3 Å². The average Bonchev–Trinajstić information content (AvgIpc) is 3.15. The fourth-order valence-electron chi connectivity index (χ4n) is 6.77. The minimum absolute atomic E-state index is 0.475. The number of aryl methyl sites for hydroxylation is 2. The Morgan fingerprint density at radius 2 is 1.64 bits per heavy atom. The maximum Gasteiger partial charge on any atom is 0.224 e. The van der Waals surface area contributed by atoms with E-state index in [4.69, 9.17) is 0 Å². The summed E-state index contributed by atoms with van der Waals surface area (Å²) in [5, 5.41) is 7.05. The number of aromatic nitrogens is 2. The lowest BCUT2D eigenvalue weighted by atomic mass is 9.70. The van der Waals surface area contributed by atoms with Crippen molar-refractivity contribution >= 4 is 49.0 Å². The Hall–Kier alpha value is -3.13. The molecule has 3 heterocycles. The second-order valence-corrected chi connectivity index (χ2v) is 11.2. The van der Waals surface area contributed by atoms with Gasteiger partial charge in [0.2, 0.25) is 5.52 Å². The van der Waals surface area contributed by atoms with Crippen LogP contribution in [0.3, 0.4) is 0 Å². The molecule has 0 amide bonds. The third-order valence-corrected chi connectivity index (χ3v) is 8.57. The van der Waals surface area contributed by atoms with Crippen LogP contribution in [-0.2, 0) is 7.05 Å². The van der Waals surface area contributed by atoms with Gasteiger partial charge in [-0.25, -0.2) is 4.57 Å². The average molecular weight is 432 g/mol. The third-order valence-electron chi connectivity index (χ3n) is 8.57. The highest BCUT2D eigenvalue weighted by atomic mass is 15.0. The van der Waals surface area contributed by atoms with E-state index in [-0.39, 0.29) is 0 Å². The van der Waals surface area contributed by atoms with Crippen LogP contribution in [0.2, 0.25) is 0 Å². The molecule has 1 aliphatic carbocycles. The van der Waals surface area contributed by atoms with Crippen molar-refractivity contribution < 1.29 is 4.57 Å². The van der Waals surface area contributed by atoms with Gasteiger partial charge in [0.15, 0.2) is 6.20 Å². The lowest BCUT2D eigenvalue weighted by Crippen LogP contribution is -2.29. The van der Waals surface area contributed by atoms with E-state index in [2.05, 4.69) is 97.6 Å². The van der Waals surface area contributed by atoms with Crippen molar-refractivity contribution in [2.45, 2.75) is 52.4 Å². The van der Waals surface area contributed by atoms with Crippen LogP contribution in [0.1, 0.15) is 56.6 Å². The van der Waals surface area contributed by atoms with Crippen LogP contribution >= 0.6 is 0 Å². The van der Waals surface area contributed by atoms with E-state index in [1.54, 1.807) is 5.56 Å². The molecule has 164 valence electrons. The van der Waals surface area contributed by atoms with Gasteiger partial charge in [-0.1, -0.05) is 44.2 Å². The van der Waals surface area contributed by atoms with Gasteiger partial charge >= 0.3 is 0 Å². The van der Waals surface area contributed by atoms with Crippen LogP contribution < -0.4 is 4.57 Å². The molecular formula is C31H31N2+. The van der Waals surface area contributed by atoms with Gasteiger partial charge in [0.1, 0.15) is 7.05 Å². The second-order valence-electron chi connectivity index (χ2n) is 11.2. The molecule has 1 aliphatic rings. The van der Waals surface area contributed by atoms with E-state index < -0.39 is 0 Å². The normalized spacial score (nSPS) is 17.3. The fourth-order valence-corrected chi connectivity index (χ4v) is 6.77. The molecule has 7 rings (SSSR count). The Morgan fingerprint density at radius 1 is 0.879 bits per heavy atom. The molecule has 0 unspecified atom stereocenters. The molecule has 2 nitrogen and oxygen atoms in total. The molecule has 33 heavy (non-hydrogen) atoms. The largest absolute Gasteiger partial charge is 0.307 e. The highest BCUT2D eigenvalue weighted by Gasteiger charge is 2.31. The molecule has 3 aromatic heterocycles. The minimum atomic E-state index is 0.475. The topological polar surface area (TPSA) is 8.29 Å². The molecule has 0 atom stereocenters. The lowest BCUT2D eigenvalue weighted by Gasteiger charge is -2.35. The van der Waals surface area contributed by atoms with Crippen molar-refractivity contribution in [3.63, 3.8) is 0 Å². The maximum atomic E-state index is 2.57. The standard InChI is InChI=1S/C31H31N2/c1-19-8-7-11-25-26(19)29-27-21(14-17-32(29)4)18-23(20-12-15-31(2,3)16-13-20)28-22-9-5-6-10-24(22)33(25)30(27)28/h5-11,14,17-18,20H,12-13,15-16H2,1-4H3/q+1. The number of hydrogen-bond acceptors (Lipinski definition) is 0. The van der Waals surface area contributed by atoms with Crippen molar-refractivity contribution in [2.24, 2.45) is 12.5 Å². The van der Waals surface area contributed by atoms with Crippen LogP contribution in [0.4, 0.5) is 0 Å². The van der Waals surface area contributed by atoms with Crippen molar-refractivity contribution in [1.82, 2.24) is 4.40 Å². The number of benzene rings is 3. The SMILES string of the molecule is Cc1cccc2c1c1c3c(cc[n+]1C)cc(C1CCC(C)(C)CC1)c1c4ccccc4n2c13. The van der Waals surface area contributed by atoms with Gasteiger partial charge < -0.3 is 4.40 Å². The summed E-state index contributed by atoms with van der Waals surface area (Å²) >= 11 is 0. The molecule has 3 aromatic carbocycles. The van der Waals surface area contributed by atoms with Gasteiger partial charge in [-0.15, -0.1) is 0 Å². The summed E-state index contributed by atoms with van der Waals surface area (Å²) in [6.45, 7) is 7.13. The first kappa shape index (κ1) is 19.3. The first-order valence-corrected chi connectivity index (χ1v) is 12.4. The molecule has 0 bridgehead atoms.